The zero-order valence-electron chi connectivity index (χ0n) is 13.8. The fourth-order valence-electron chi connectivity index (χ4n) is 4.07. The molecule has 0 radical (unpaired) electrons. The molecule has 1 fully saturated rings. The lowest BCUT2D eigenvalue weighted by atomic mass is 9.59. The van der Waals surface area contributed by atoms with E-state index in [9.17, 15) is 4.79 Å². The predicted octanol–water partition coefficient (Wildman–Crippen LogP) is 3.63. The van der Waals surface area contributed by atoms with Gasteiger partial charge in [0.15, 0.2) is 11.5 Å². The number of hydrogen-bond donors (Lipinski definition) is 0. The third-order valence-electron chi connectivity index (χ3n) is 5.10. The number of carbonyl (C=O) groups excluding carboxylic acids is 1. The average molecular weight is 316 g/mol. The maximum Gasteiger partial charge on any atom is 0.201 e. The second-order valence-corrected chi connectivity index (χ2v) is 6.17. The number of benzene rings is 1. The molecule has 0 aromatic heterocycles. The van der Waals surface area contributed by atoms with Crippen LogP contribution in [-0.4, -0.2) is 25.8 Å². The molecule has 3 rings (SSSR count). The Morgan fingerprint density at radius 1 is 1.48 bits per heavy atom. The molecule has 23 heavy (non-hydrogen) atoms. The maximum atomic E-state index is 13.1. The molecule has 0 unspecified atom stereocenters. The Hall–Kier alpha value is -1.81. The molecule has 1 aliphatic carbocycles. The minimum Gasteiger partial charge on any atom is -0.493 e. The van der Waals surface area contributed by atoms with Crippen LogP contribution in [0.2, 0.25) is 0 Å². The van der Waals surface area contributed by atoms with Gasteiger partial charge in [-0.1, -0.05) is 18.2 Å². The summed E-state index contributed by atoms with van der Waals surface area (Å²) in [5.41, 5.74) is 0.310. The van der Waals surface area contributed by atoms with E-state index in [2.05, 4.69) is 6.58 Å². The highest BCUT2D eigenvalue weighted by molar-refractivity contribution is 5.93. The quantitative estimate of drug-likeness (QED) is 0.796. The SMILES string of the molecule is C=C[C@@H]1CCCC(=O)[C@@]12C[C@H](OCC)Oc1c(OC)cccc12. The monoisotopic (exact) mass is 316 g/mol. The number of ketones is 1. The van der Waals surface area contributed by atoms with Crippen molar-refractivity contribution in [2.45, 2.75) is 44.3 Å². The molecule has 4 nitrogen and oxygen atoms in total. The third-order valence-corrected chi connectivity index (χ3v) is 5.10. The highest BCUT2D eigenvalue weighted by Gasteiger charge is 2.53. The van der Waals surface area contributed by atoms with Gasteiger partial charge in [0.25, 0.3) is 0 Å². The number of rotatable bonds is 4. The number of methoxy groups -OCH3 is 1. The molecule has 3 atom stereocenters. The van der Waals surface area contributed by atoms with Crippen LogP contribution in [0.3, 0.4) is 0 Å². The summed E-state index contributed by atoms with van der Waals surface area (Å²) >= 11 is 0. The number of fused-ring (bicyclic) bond motifs is 2. The summed E-state index contributed by atoms with van der Waals surface area (Å²) < 4.78 is 17.2. The van der Waals surface area contributed by atoms with Gasteiger partial charge in [0.1, 0.15) is 5.78 Å². The lowest BCUT2D eigenvalue weighted by Gasteiger charge is -2.47. The number of hydrogen-bond acceptors (Lipinski definition) is 4. The Kier molecular flexibility index (Phi) is 4.44. The average Bonchev–Trinajstić information content (AvgIpc) is 2.57. The molecule has 1 aliphatic heterocycles. The molecule has 1 heterocycles. The van der Waals surface area contributed by atoms with Crippen molar-refractivity contribution in [3.63, 3.8) is 0 Å². The Morgan fingerprint density at radius 2 is 2.30 bits per heavy atom. The van der Waals surface area contributed by atoms with Gasteiger partial charge >= 0.3 is 0 Å². The first-order valence-corrected chi connectivity index (χ1v) is 8.29. The Morgan fingerprint density at radius 3 is 3.00 bits per heavy atom. The fraction of sp³-hybridized carbons (Fsp3) is 0.526. The van der Waals surface area contributed by atoms with Gasteiger partial charge < -0.3 is 14.2 Å². The van der Waals surface area contributed by atoms with Crippen LogP contribution >= 0.6 is 0 Å². The van der Waals surface area contributed by atoms with E-state index in [0.29, 0.717) is 30.9 Å². The van der Waals surface area contributed by atoms with Crippen LogP contribution in [-0.2, 0) is 14.9 Å². The van der Waals surface area contributed by atoms with Crippen molar-refractivity contribution in [1.82, 2.24) is 0 Å². The molecule has 124 valence electrons. The summed E-state index contributed by atoms with van der Waals surface area (Å²) in [7, 11) is 1.61. The van der Waals surface area contributed by atoms with E-state index in [4.69, 9.17) is 14.2 Å². The molecular formula is C19H24O4. The molecule has 0 N–H and O–H groups in total. The molecule has 1 spiro atoms. The Labute approximate surface area is 137 Å². The second-order valence-electron chi connectivity index (χ2n) is 6.17. The minimum atomic E-state index is -0.609. The number of carbonyl (C=O) groups is 1. The smallest absolute Gasteiger partial charge is 0.201 e. The van der Waals surface area contributed by atoms with Gasteiger partial charge in [0.2, 0.25) is 6.29 Å². The standard InChI is InChI=1S/C19H24O4/c1-4-13-8-6-11-16(20)19(13)12-17(22-5-2)23-18-14(19)9-7-10-15(18)21-3/h4,7,9-10,13,17H,1,5-6,8,11-12H2,2-3H3/t13-,17-,19+/m1/s1. The number of Topliss-reactive ketones (excluding diaryl/α,β-unsaturated/α-hetero) is 1. The van der Waals surface area contributed by atoms with Gasteiger partial charge in [-0.25, -0.2) is 0 Å². The molecule has 0 saturated heterocycles. The topological polar surface area (TPSA) is 44.8 Å². The van der Waals surface area contributed by atoms with E-state index in [1.807, 2.05) is 31.2 Å². The van der Waals surface area contributed by atoms with Gasteiger partial charge in [-0.3, -0.25) is 4.79 Å². The third kappa shape index (κ3) is 2.45. The van der Waals surface area contributed by atoms with Gasteiger partial charge in [-0.05, 0) is 31.7 Å². The van der Waals surface area contributed by atoms with Crippen LogP contribution in [0.15, 0.2) is 30.9 Å². The summed E-state index contributed by atoms with van der Waals surface area (Å²) in [6.07, 6.45) is 4.50. The highest BCUT2D eigenvalue weighted by Crippen LogP contribution is 2.53. The molecule has 2 aliphatic rings. The molecule has 1 saturated carbocycles. The molecule has 1 aromatic rings. The lowest BCUT2D eigenvalue weighted by Crippen LogP contribution is -2.51. The van der Waals surface area contributed by atoms with E-state index in [1.165, 1.54) is 0 Å². The van der Waals surface area contributed by atoms with E-state index in [0.717, 1.165) is 18.4 Å². The number of allylic oxidation sites excluding steroid dienone is 1. The molecule has 0 bridgehead atoms. The van der Waals surface area contributed by atoms with E-state index in [1.54, 1.807) is 7.11 Å². The molecular weight excluding hydrogens is 292 g/mol. The summed E-state index contributed by atoms with van der Waals surface area (Å²) in [5.74, 6) is 1.65. The van der Waals surface area contributed by atoms with Gasteiger partial charge in [-0.15, -0.1) is 6.58 Å². The minimum absolute atomic E-state index is 0.0986. The van der Waals surface area contributed by atoms with Crippen LogP contribution in [0.1, 0.15) is 38.2 Å². The Bertz CT molecular complexity index is 609. The Balaban J connectivity index is 2.19. The lowest BCUT2D eigenvalue weighted by molar-refractivity contribution is -0.143. The number of ether oxygens (including phenoxy) is 3. The summed E-state index contributed by atoms with van der Waals surface area (Å²) in [6, 6.07) is 5.77. The molecule has 0 amide bonds. The summed E-state index contributed by atoms with van der Waals surface area (Å²) in [6.45, 7) is 6.46. The molecule has 4 heteroatoms. The largest absolute Gasteiger partial charge is 0.493 e. The maximum absolute atomic E-state index is 13.1. The van der Waals surface area contributed by atoms with Crippen molar-refractivity contribution < 1.29 is 19.0 Å². The predicted molar refractivity (Wildman–Crippen MR) is 87.9 cm³/mol. The zero-order chi connectivity index (χ0) is 16.4. The van der Waals surface area contributed by atoms with Crippen LogP contribution in [0.4, 0.5) is 0 Å². The van der Waals surface area contributed by atoms with Crippen molar-refractivity contribution in [2.75, 3.05) is 13.7 Å². The highest BCUT2D eigenvalue weighted by atomic mass is 16.7. The van der Waals surface area contributed by atoms with Crippen LogP contribution in [0.5, 0.6) is 11.5 Å². The van der Waals surface area contributed by atoms with E-state index < -0.39 is 11.7 Å². The van der Waals surface area contributed by atoms with Crippen LogP contribution in [0, 0.1) is 5.92 Å². The van der Waals surface area contributed by atoms with Crippen molar-refractivity contribution in [3.8, 4) is 11.5 Å². The first-order chi connectivity index (χ1) is 11.2. The summed E-state index contributed by atoms with van der Waals surface area (Å²) in [4.78, 5) is 13.1. The van der Waals surface area contributed by atoms with E-state index >= 15 is 0 Å². The van der Waals surface area contributed by atoms with Crippen molar-refractivity contribution in [1.29, 1.82) is 0 Å². The molecule has 1 aromatic carbocycles. The zero-order valence-corrected chi connectivity index (χ0v) is 13.8. The second kappa shape index (κ2) is 6.36. The van der Waals surface area contributed by atoms with Crippen LogP contribution < -0.4 is 9.47 Å². The van der Waals surface area contributed by atoms with Crippen molar-refractivity contribution in [3.05, 3.63) is 36.4 Å². The van der Waals surface area contributed by atoms with Crippen LogP contribution in [0.25, 0.3) is 0 Å². The normalized spacial score (nSPS) is 29.7. The number of para-hydroxylation sites is 1. The first-order valence-electron chi connectivity index (χ1n) is 8.29. The first kappa shape index (κ1) is 16.1. The van der Waals surface area contributed by atoms with Crippen molar-refractivity contribution in [2.24, 2.45) is 5.92 Å². The summed E-state index contributed by atoms with van der Waals surface area (Å²) in [5, 5.41) is 0. The van der Waals surface area contributed by atoms with Gasteiger partial charge in [0, 0.05) is 25.0 Å². The fourth-order valence-corrected chi connectivity index (χ4v) is 4.07. The van der Waals surface area contributed by atoms with Gasteiger partial charge in [0.05, 0.1) is 12.5 Å². The van der Waals surface area contributed by atoms with E-state index in [-0.39, 0.29) is 11.7 Å². The van der Waals surface area contributed by atoms with Crippen molar-refractivity contribution >= 4 is 5.78 Å². The van der Waals surface area contributed by atoms with Gasteiger partial charge in [-0.2, -0.15) is 0 Å².